The zero-order valence-corrected chi connectivity index (χ0v) is 13.7. The Bertz CT molecular complexity index is 439. The van der Waals surface area contributed by atoms with E-state index in [1.165, 1.54) is 36.2 Å². The van der Waals surface area contributed by atoms with E-state index in [9.17, 15) is 0 Å². The zero-order chi connectivity index (χ0) is 14.7. The van der Waals surface area contributed by atoms with Crippen molar-refractivity contribution in [3.63, 3.8) is 0 Å². The molecule has 0 bridgehead atoms. The van der Waals surface area contributed by atoms with Crippen molar-refractivity contribution in [2.24, 2.45) is 5.92 Å². The smallest absolute Gasteiger partial charge is 0.0401 e. The average molecular weight is 274 g/mol. The summed E-state index contributed by atoms with van der Waals surface area (Å²) in [5, 5.41) is 3.57. The van der Waals surface area contributed by atoms with Crippen LogP contribution in [-0.4, -0.2) is 25.2 Å². The van der Waals surface area contributed by atoms with E-state index < -0.39 is 0 Å². The third kappa shape index (κ3) is 3.54. The number of hydrogen-bond donors (Lipinski definition) is 1. The molecule has 1 aromatic carbocycles. The zero-order valence-electron chi connectivity index (χ0n) is 13.7. The molecule has 1 aliphatic heterocycles. The van der Waals surface area contributed by atoms with Crippen LogP contribution in [0.4, 0.5) is 5.69 Å². The molecule has 0 saturated heterocycles. The van der Waals surface area contributed by atoms with Crippen molar-refractivity contribution in [2.45, 2.75) is 59.5 Å². The summed E-state index contributed by atoms with van der Waals surface area (Å²) in [6.07, 6.45) is 2.52. The first-order valence-corrected chi connectivity index (χ1v) is 8.08. The third-order valence-electron chi connectivity index (χ3n) is 4.55. The van der Waals surface area contributed by atoms with Gasteiger partial charge in [0.1, 0.15) is 0 Å². The van der Waals surface area contributed by atoms with E-state index in [0.29, 0.717) is 18.0 Å². The Morgan fingerprint density at radius 2 is 1.95 bits per heavy atom. The predicted octanol–water partition coefficient (Wildman–Crippen LogP) is 3.77. The summed E-state index contributed by atoms with van der Waals surface area (Å²) < 4.78 is 0. The normalized spacial score (nSPS) is 18.0. The van der Waals surface area contributed by atoms with Gasteiger partial charge in [0.15, 0.2) is 0 Å². The van der Waals surface area contributed by atoms with Gasteiger partial charge in [-0.15, -0.1) is 0 Å². The fraction of sp³-hybridized carbons (Fsp3) is 0.667. The summed E-state index contributed by atoms with van der Waals surface area (Å²) in [5.74, 6) is 0.657. The average Bonchev–Trinajstić information content (AvgIpc) is 2.42. The third-order valence-corrected chi connectivity index (χ3v) is 4.55. The van der Waals surface area contributed by atoms with Gasteiger partial charge in [-0.3, -0.25) is 0 Å². The van der Waals surface area contributed by atoms with Crippen molar-refractivity contribution in [1.82, 2.24) is 5.32 Å². The molecule has 0 spiro atoms. The molecule has 0 fully saturated rings. The van der Waals surface area contributed by atoms with E-state index in [4.69, 9.17) is 0 Å². The standard InChI is InChI=1S/C18H30N2/c1-13(2)19-12-15(4)16(5)20-10-6-7-17-11-14(3)8-9-18(17)20/h8-9,11,13,15-16,19H,6-7,10,12H2,1-5H3. The number of rotatable bonds is 5. The second kappa shape index (κ2) is 6.62. The van der Waals surface area contributed by atoms with Gasteiger partial charge in [0, 0.05) is 24.3 Å². The molecule has 1 aromatic rings. The van der Waals surface area contributed by atoms with E-state index in [1.54, 1.807) is 0 Å². The number of benzene rings is 1. The van der Waals surface area contributed by atoms with Crippen LogP contribution < -0.4 is 10.2 Å². The molecule has 0 amide bonds. The fourth-order valence-electron chi connectivity index (χ4n) is 3.08. The Kier molecular flexibility index (Phi) is 5.09. The lowest BCUT2D eigenvalue weighted by molar-refractivity contribution is 0.399. The summed E-state index contributed by atoms with van der Waals surface area (Å²) in [6, 6.07) is 8.10. The van der Waals surface area contributed by atoms with Gasteiger partial charge in [0.2, 0.25) is 0 Å². The molecule has 2 heteroatoms. The van der Waals surface area contributed by atoms with E-state index in [0.717, 1.165) is 6.54 Å². The Morgan fingerprint density at radius 3 is 2.65 bits per heavy atom. The Balaban J connectivity index is 2.10. The number of nitrogens with one attached hydrogen (secondary N) is 1. The highest BCUT2D eigenvalue weighted by atomic mass is 15.2. The minimum Gasteiger partial charge on any atom is -0.368 e. The van der Waals surface area contributed by atoms with Crippen LogP contribution in [0.3, 0.4) is 0 Å². The SMILES string of the molecule is Cc1ccc2c(c1)CCCN2C(C)C(C)CNC(C)C. The van der Waals surface area contributed by atoms with Gasteiger partial charge in [-0.25, -0.2) is 0 Å². The second-order valence-electron chi connectivity index (χ2n) is 6.71. The van der Waals surface area contributed by atoms with Gasteiger partial charge in [-0.1, -0.05) is 38.5 Å². The van der Waals surface area contributed by atoms with Crippen LogP contribution in [-0.2, 0) is 6.42 Å². The summed E-state index contributed by atoms with van der Waals surface area (Å²) >= 11 is 0. The summed E-state index contributed by atoms with van der Waals surface area (Å²) in [6.45, 7) is 13.7. The highest BCUT2D eigenvalue weighted by molar-refractivity contribution is 5.57. The van der Waals surface area contributed by atoms with E-state index in [1.807, 2.05) is 0 Å². The van der Waals surface area contributed by atoms with Crippen molar-refractivity contribution in [3.05, 3.63) is 29.3 Å². The van der Waals surface area contributed by atoms with Gasteiger partial charge < -0.3 is 10.2 Å². The van der Waals surface area contributed by atoms with E-state index in [-0.39, 0.29) is 0 Å². The molecule has 0 radical (unpaired) electrons. The second-order valence-corrected chi connectivity index (χ2v) is 6.71. The molecule has 112 valence electrons. The molecular formula is C18H30N2. The molecule has 1 heterocycles. The van der Waals surface area contributed by atoms with Gasteiger partial charge in [0.25, 0.3) is 0 Å². The van der Waals surface area contributed by atoms with Crippen LogP contribution in [0, 0.1) is 12.8 Å². The lowest BCUT2D eigenvalue weighted by atomic mass is 9.94. The number of aryl methyl sites for hydroxylation is 2. The van der Waals surface area contributed by atoms with Gasteiger partial charge in [-0.05, 0) is 50.8 Å². The van der Waals surface area contributed by atoms with Crippen LogP contribution in [0.15, 0.2) is 18.2 Å². The first-order chi connectivity index (χ1) is 9.49. The van der Waals surface area contributed by atoms with Gasteiger partial charge in [0.05, 0.1) is 0 Å². The molecule has 2 nitrogen and oxygen atoms in total. The molecule has 0 aromatic heterocycles. The van der Waals surface area contributed by atoms with E-state index >= 15 is 0 Å². The monoisotopic (exact) mass is 274 g/mol. The Hall–Kier alpha value is -1.02. The first-order valence-electron chi connectivity index (χ1n) is 8.08. The highest BCUT2D eigenvalue weighted by Crippen LogP contribution is 2.31. The fourth-order valence-corrected chi connectivity index (χ4v) is 3.08. The molecule has 1 aliphatic rings. The van der Waals surface area contributed by atoms with Gasteiger partial charge in [-0.2, -0.15) is 0 Å². The number of nitrogens with zero attached hydrogens (tertiary/aromatic N) is 1. The Labute approximate surface area is 124 Å². The molecule has 2 unspecified atom stereocenters. The number of hydrogen-bond acceptors (Lipinski definition) is 2. The summed E-state index contributed by atoms with van der Waals surface area (Å²) in [5.41, 5.74) is 4.38. The number of anilines is 1. The van der Waals surface area contributed by atoms with Crippen molar-refractivity contribution >= 4 is 5.69 Å². The predicted molar refractivity (Wildman–Crippen MR) is 88.6 cm³/mol. The molecular weight excluding hydrogens is 244 g/mol. The Morgan fingerprint density at radius 1 is 1.20 bits per heavy atom. The molecule has 2 atom stereocenters. The quantitative estimate of drug-likeness (QED) is 0.879. The van der Waals surface area contributed by atoms with Crippen molar-refractivity contribution < 1.29 is 0 Å². The minimum atomic E-state index is 0.570. The van der Waals surface area contributed by atoms with Crippen molar-refractivity contribution in [1.29, 1.82) is 0 Å². The molecule has 1 N–H and O–H groups in total. The first kappa shape index (κ1) is 15.4. The highest BCUT2D eigenvalue weighted by Gasteiger charge is 2.24. The minimum absolute atomic E-state index is 0.570. The van der Waals surface area contributed by atoms with Crippen LogP contribution in [0.25, 0.3) is 0 Å². The summed E-state index contributed by atoms with van der Waals surface area (Å²) in [7, 11) is 0. The lowest BCUT2D eigenvalue weighted by Crippen LogP contribution is -2.44. The molecule has 0 saturated carbocycles. The maximum Gasteiger partial charge on any atom is 0.0401 e. The number of fused-ring (bicyclic) bond motifs is 1. The topological polar surface area (TPSA) is 15.3 Å². The van der Waals surface area contributed by atoms with Crippen LogP contribution >= 0.6 is 0 Å². The summed E-state index contributed by atoms with van der Waals surface area (Å²) in [4.78, 5) is 2.62. The van der Waals surface area contributed by atoms with Crippen LogP contribution in [0.2, 0.25) is 0 Å². The van der Waals surface area contributed by atoms with Crippen molar-refractivity contribution in [3.8, 4) is 0 Å². The maximum atomic E-state index is 3.57. The molecule has 20 heavy (non-hydrogen) atoms. The van der Waals surface area contributed by atoms with Gasteiger partial charge >= 0.3 is 0 Å². The molecule has 2 rings (SSSR count). The molecule has 0 aliphatic carbocycles. The largest absolute Gasteiger partial charge is 0.368 e. The van der Waals surface area contributed by atoms with E-state index in [2.05, 4.69) is 63.0 Å². The van der Waals surface area contributed by atoms with Crippen molar-refractivity contribution in [2.75, 3.05) is 18.0 Å². The lowest BCUT2D eigenvalue weighted by Gasteiger charge is -2.39. The van der Waals surface area contributed by atoms with Crippen LogP contribution in [0.5, 0.6) is 0 Å². The maximum absolute atomic E-state index is 3.57. The van der Waals surface area contributed by atoms with Crippen LogP contribution in [0.1, 0.15) is 45.2 Å².